The van der Waals surface area contributed by atoms with Crippen LogP contribution in [0.25, 0.3) is 0 Å². The second kappa shape index (κ2) is 7.09. The van der Waals surface area contributed by atoms with Gasteiger partial charge < -0.3 is 20.8 Å². The lowest BCUT2D eigenvalue weighted by Crippen LogP contribution is -2.46. The van der Waals surface area contributed by atoms with Crippen molar-refractivity contribution in [3.8, 4) is 0 Å². The Morgan fingerprint density at radius 1 is 1.33 bits per heavy atom. The van der Waals surface area contributed by atoms with Crippen molar-refractivity contribution in [1.82, 2.24) is 15.3 Å². The van der Waals surface area contributed by atoms with Crippen LogP contribution in [0.3, 0.4) is 0 Å². The zero-order chi connectivity index (χ0) is 15.1. The number of aromatic amines is 1. The molecule has 0 spiro atoms. The van der Waals surface area contributed by atoms with Gasteiger partial charge in [-0.3, -0.25) is 4.79 Å². The third kappa shape index (κ3) is 4.64. The molecule has 21 heavy (non-hydrogen) atoms. The molecule has 0 aliphatic rings. The molecule has 4 N–H and O–H groups in total. The van der Waals surface area contributed by atoms with Gasteiger partial charge in [0.05, 0.1) is 6.33 Å². The summed E-state index contributed by atoms with van der Waals surface area (Å²) in [6, 6.07) is 8.39. The summed E-state index contributed by atoms with van der Waals surface area (Å²) < 4.78 is 5.04. The van der Waals surface area contributed by atoms with E-state index in [2.05, 4.69) is 15.3 Å². The van der Waals surface area contributed by atoms with Crippen molar-refractivity contribution in [3.63, 3.8) is 0 Å². The highest BCUT2D eigenvalue weighted by Gasteiger charge is 2.19. The summed E-state index contributed by atoms with van der Waals surface area (Å²) in [6.45, 7) is 0.127. The van der Waals surface area contributed by atoms with Crippen LogP contribution in [0.5, 0.6) is 0 Å². The Morgan fingerprint density at radius 3 is 2.71 bits per heavy atom. The number of nitrogens with zero attached hydrogens (tertiary/aromatic N) is 1. The van der Waals surface area contributed by atoms with Crippen LogP contribution in [-0.4, -0.2) is 28.0 Å². The highest BCUT2D eigenvalue weighted by Crippen LogP contribution is 2.02. The average Bonchev–Trinajstić information content (AvgIpc) is 2.98. The van der Waals surface area contributed by atoms with Gasteiger partial charge in [0.25, 0.3) is 0 Å². The number of rotatable bonds is 6. The summed E-state index contributed by atoms with van der Waals surface area (Å²) in [5.41, 5.74) is 6.82. The van der Waals surface area contributed by atoms with Gasteiger partial charge in [0, 0.05) is 18.3 Å². The fraction of sp³-hybridized carbons (Fsp3) is 0.214. The first kappa shape index (κ1) is 14.6. The molecular formula is C14H16N4O3. The van der Waals surface area contributed by atoms with E-state index < -0.39 is 18.0 Å². The van der Waals surface area contributed by atoms with Gasteiger partial charge in [0.15, 0.2) is 0 Å². The van der Waals surface area contributed by atoms with E-state index in [1.807, 2.05) is 30.3 Å². The molecule has 7 heteroatoms. The normalized spacial score (nSPS) is 11.6. The van der Waals surface area contributed by atoms with Crippen molar-refractivity contribution >= 4 is 12.0 Å². The van der Waals surface area contributed by atoms with E-state index in [9.17, 15) is 9.59 Å². The number of nitrogens with one attached hydrogen (secondary N) is 2. The van der Waals surface area contributed by atoms with Crippen LogP contribution in [0.15, 0.2) is 42.9 Å². The number of H-pyrrole nitrogens is 1. The molecule has 7 nitrogen and oxygen atoms in total. The summed E-state index contributed by atoms with van der Waals surface area (Å²) in [5, 5.41) is 2.44. The predicted molar refractivity (Wildman–Crippen MR) is 75.0 cm³/mol. The molecule has 1 aromatic carbocycles. The lowest BCUT2D eigenvalue weighted by atomic mass is 10.1. The summed E-state index contributed by atoms with van der Waals surface area (Å²) in [5.74, 6) is -0.638. The molecule has 0 saturated heterocycles. The maximum atomic E-state index is 11.7. The Labute approximate surface area is 121 Å². The van der Waals surface area contributed by atoms with Gasteiger partial charge in [-0.05, 0) is 5.56 Å². The summed E-state index contributed by atoms with van der Waals surface area (Å²) >= 11 is 0. The van der Waals surface area contributed by atoms with Crippen LogP contribution < -0.4 is 11.1 Å². The number of carbonyl (C=O) groups is 2. The quantitative estimate of drug-likeness (QED) is 0.727. The van der Waals surface area contributed by atoms with Gasteiger partial charge in [-0.15, -0.1) is 0 Å². The molecule has 0 aliphatic heterocycles. The van der Waals surface area contributed by atoms with E-state index in [1.165, 1.54) is 6.33 Å². The number of alkyl carbamates (subject to hydrolysis) is 1. The molecular weight excluding hydrogens is 272 g/mol. The minimum absolute atomic E-state index is 0.127. The van der Waals surface area contributed by atoms with Crippen molar-refractivity contribution in [2.24, 2.45) is 5.73 Å². The number of benzene rings is 1. The standard InChI is InChI=1S/C14H16N4O3/c15-13(19)12(6-11-7-16-9-17-11)18-14(20)21-8-10-4-2-1-3-5-10/h1-5,7,9,12H,6,8H2,(H2,15,19)(H,16,17)(H,18,20)/t12-/m1/s1. The van der Waals surface area contributed by atoms with E-state index in [0.717, 1.165) is 5.56 Å². The molecule has 1 heterocycles. The Balaban J connectivity index is 1.85. The van der Waals surface area contributed by atoms with E-state index in [4.69, 9.17) is 10.5 Å². The number of hydrogen-bond donors (Lipinski definition) is 3. The number of carbonyl (C=O) groups excluding carboxylic acids is 2. The Kier molecular flexibility index (Phi) is 4.92. The molecule has 0 saturated carbocycles. The number of nitrogens with two attached hydrogens (primary N) is 1. The van der Waals surface area contributed by atoms with Crippen molar-refractivity contribution in [3.05, 3.63) is 54.1 Å². The predicted octanol–water partition coefficient (Wildman–Crippen LogP) is 0.732. The second-order valence-corrected chi connectivity index (χ2v) is 4.44. The number of primary amides is 1. The monoisotopic (exact) mass is 288 g/mol. The number of aromatic nitrogens is 2. The summed E-state index contributed by atoms with van der Waals surface area (Å²) in [6.07, 6.45) is 2.59. The van der Waals surface area contributed by atoms with Gasteiger partial charge in [-0.1, -0.05) is 30.3 Å². The fourth-order valence-electron chi connectivity index (χ4n) is 1.75. The maximum absolute atomic E-state index is 11.7. The molecule has 0 radical (unpaired) electrons. The van der Waals surface area contributed by atoms with E-state index in [0.29, 0.717) is 5.69 Å². The third-order valence-corrected chi connectivity index (χ3v) is 2.83. The molecule has 1 aromatic heterocycles. The van der Waals surface area contributed by atoms with Crippen molar-refractivity contribution in [2.75, 3.05) is 0 Å². The molecule has 0 aliphatic carbocycles. The highest BCUT2D eigenvalue weighted by atomic mass is 16.5. The number of ether oxygens (including phenoxy) is 1. The highest BCUT2D eigenvalue weighted by molar-refractivity contribution is 5.84. The Morgan fingerprint density at radius 2 is 2.10 bits per heavy atom. The zero-order valence-electron chi connectivity index (χ0n) is 11.3. The van der Waals surface area contributed by atoms with Gasteiger partial charge in [0.1, 0.15) is 12.6 Å². The average molecular weight is 288 g/mol. The number of amides is 2. The van der Waals surface area contributed by atoms with E-state index in [1.54, 1.807) is 6.20 Å². The van der Waals surface area contributed by atoms with Crippen LogP contribution in [0, 0.1) is 0 Å². The van der Waals surface area contributed by atoms with Crippen LogP contribution in [-0.2, 0) is 22.6 Å². The lowest BCUT2D eigenvalue weighted by molar-refractivity contribution is -0.119. The first-order valence-corrected chi connectivity index (χ1v) is 6.39. The first-order valence-electron chi connectivity index (χ1n) is 6.39. The molecule has 0 bridgehead atoms. The minimum atomic E-state index is -0.853. The zero-order valence-corrected chi connectivity index (χ0v) is 11.3. The van der Waals surface area contributed by atoms with Crippen LogP contribution in [0.1, 0.15) is 11.3 Å². The molecule has 2 rings (SSSR count). The minimum Gasteiger partial charge on any atom is -0.445 e. The van der Waals surface area contributed by atoms with Gasteiger partial charge >= 0.3 is 6.09 Å². The van der Waals surface area contributed by atoms with Crippen LogP contribution >= 0.6 is 0 Å². The topological polar surface area (TPSA) is 110 Å². The Hall–Kier alpha value is -2.83. The van der Waals surface area contributed by atoms with Crippen molar-refractivity contribution in [1.29, 1.82) is 0 Å². The maximum Gasteiger partial charge on any atom is 0.408 e. The van der Waals surface area contributed by atoms with Gasteiger partial charge in [0.2, 0.25) is 5.91 Å². The fourth-order valence-corrected chi connectivity index (χ4v) is 1.75. The van der Waals surface area contributed by atoms with Crippen LogP contribution in [0.4, 0.5) is 4.79 Å². The van der Waals surface area contributed by atoms with E-state index >= 15 is 0 Å². The molecule has 110 valence electrons. The third-order valence-electron chi connectivity index (χ3n) is 2.83. The number of imidazole rings is 1. The Bertz CT molecular complexity index is 584. The molecule has 0 fully saturated rings. The molecule has 0 unspecified atom stereocenters. The van der Waals surface area contributed by atoms with Crippen molar-refractivity contribution in [2.45, 2.75) is 19.1 Å². The molecule has 1 atom stereocenters. The second-order valence-electron chi connectivity index (χ2n) is 4.44. The van der Waals surface area contributed by atoms with E-state index in [-0.39, 0.29) is 13.0 Å². The number of hydrogen-bond acceptors (Lipinski definition) is 4. The SMILES string of the molecule is NC(=O)[C@@H](Cc1cnc[nH]1)NC(=O)OCc1ccccc1. The molecule has 2 amide bonds. The summed E-state index contributed by atoms with van der Waals surface area (Å²) in [7, 11) is 0. The summed E-state index contributed by atoms with van der Waals surface area (Å²) in [4.78, 5) is 29.7. The van der Waals surface area contributed by atoms with Gasteiger partial charge in [-0.2, -0.15) is 0 Å². The molecule has 2 aromatic rings. The largest absolute Gasteiger partial charge is 0.445 e. The first-order chi connectivity index (χ1) is 10.1. The van der Waals surface area contributed by atoms with Crippen LogP contribution in [0.2, 0.25) is 0 Å². The smallest absolute Gasteiger partial charge is 0.408 e. The lowest BCUT2D eigenvalue weighted by Gasteiger charge is -2.14. The van der Waals surface area contributed by atoms with Gasteiger partial charge in [-0.25, -0.2) is 9.78 Å². The van der Waals surface area contributed by atoms with Crippen molar-refractivity contribution < 1.29 is 14.3 Å².